The molecule has 3 fully saturated rings. The van der Waals surface area contributed by atoms with Crippen molar-refractivity contribution < 1.29 is 14.3 Å². The number of ether oxygens (including phenoxy) is 2. The molecular weight excluding hydrogens is 314 g/mol. The van der Waals surface area contributed by atoms with E-state index in [9.17, 15) is 4.79 Å². The van der Waals surface area contributed by atoms with Crippen molar-refractivity contribution in [1.82, 2.24) is 0 Å². The smallest absolute Gasteiger partial charge is 0.162 e. The van der Waals surface area contributed by atoms with Crippen molar-refractivity contribution in [1.29, 1.82) is 0 Å². The Bertz CT molecular complexity index is 774. The van der Waals surface area contributed by atoms with Crippen LogP contribution in [0.3, 0.4) is 0 Å². The molecule has 0 aromatic heterocycles. The van der Waals surface area contributed by atoms with E-state index in [1.165, 1.54) is 5.56 Å². The summed E-state index contributed by atoms with van der Waals surface area (Å²) in [5, 5.41) is 0. The Kier molecular flexibility index (Phi) is 4.12. The lowest BCUT2D eigenvalue weighted by atomic mass is 9.71. The summed E-state index contributed by atoms with van der Waals surface area (Å²) in [6, 6.07) is 16.8. The molecule has 1 saturated carbocycles. The van der Waals surface area contributed by atoms with Crippen molar-refractivity contribution in [2.75, 3.05) is 19.1 Å². The van der Waals surface area contributed by atoms with Crippen molar-refractivity contribution in [3.63, 3.8) is 0 Å². The van der Waals surface area contributed by atoms with Crippen LogP contribution in [0.15, 0.2) is 48.5 Å². The van der Waals surface area contributed by atoms with Gasteiger partial charge in [-0.3, -0.25) is 4.79 Å². The number of hydrogen-bond acceptors (Lipinski definition) is 4. The molecule has 4 nitrogen and oxygen atoms in total. The molecule has 0 unspecified atom stereocenters. The molecule has 3 atom stereocenters. The van der Waals surface area contributed by atoms with Gasteiger partial charge in [0, 0.05) is 30.1 Å². The van der Waals surface area contributed by atoms with Crippen molar-refractivity contribution in [2.24, 2.45) is 5.92 Å². The maximum Gasteiger partial charge on any atom is 0.162 e. The number of benzene rings is 2. The Hall–Kier alpha value is -2.49. The van der Waals surface area contributed by atoms with Crippen LogP contribution in [0.5, 0.6) is 11.5 Å². The highest BCUT2D eigenvalue weighted by Gasteiger charge is 2.47. The molecular formula is C21H23NO3. The van der Waals surface area contributed by atoms with Gasteiger partial charge in [-0.25, -0.2) is 0 Å². The van der Waals surface area contributed by atoms with Crippen molar-refractivity contribution in [3.8, 4) is 11.5 Å². The van der Waals surface area contributed by atoms with Gasteiger partial charge in [-0.05, 0) is 30.5 Å². The molecule has 130 valence electrons. The number of hydrogen-bond donors (Lipinski definition) is 0. The van der Waals surface area contributed by atoms with Gasteiger partial charge in [-0.15, -0.1) is 0 Å². The standard InChI is InChI=1S/C21H23NO3/c1-24-19-11-9-16(13-20(19)25-2)22-15-8-10-17(18(23)12-15)21(22)14-6-4-3-5-7-14/h3-7,9,11,13,15,17,21H,8,10,12H2,1-2H3/t15-,17+,21+/m0/s1. The summed E-state index contributed by atoms with van der Waals surface area (Å²) in [4.78, 5) is 15.0. The summed E-state index contributed by atoms with van der Waals surface area (Å²) in [6.07, 6.45) is 2.68. The highest BCUT2D eigenvalue weighted by Crippen LogP contribution is 2.48. The first-order valence-corrected chi connectivity index (χ1v) is 8.81. The summed E-state index contributed by atoms with van der Waals surface area (Å²) in [6.45, 7) is 0. The van der Waals surface area contributed by atoms with Crippen LogP contribution >= 0.6 is 0 Å². The van der Waals surface area contributed by atoms with Gasteiger partial charge < -0.3 is 14.4 Å². The summed E-state index contributed by atoms with van der Waals surface area (Å²) in [5.74, 6) is 1.92. The number of piperidine rings is 2. The second-order valence-corrected chi connectivity index (χ2v) is 6.81. The molecule has 0 spiro atoms. The molecule has 0 amide bonds. The van der Waals surface area contributed by atoms with Crippen LogP contribution in [-0.4, -0.2) is 26.0 Å². The van der Waals surface area contributed by atoms with Crippen LogP contribution in [0.2, 0.25) is 0 Å². The number of nitrogens with zero attached hydrogens (tertiary/aromatic N) is 1. The van der Waals surface area contributed by atoms with Gasteiger partial charge in [0.05, 0.1) is 20.3 Å². The maximum absolute atomic E-state index is 12.6. The highest BCUT2D eigenvalue weighted by molar-refractivity contribution is 5.86. The SMILES string of the molecule is COc1ccc(N2[C@H]3CC[C@H](C(=O)C3)[C@H]2c2ccccc2)cc1OC. The molecule has 2 aromatic carbocycles. The van der Waals surface area contributed by atoms with E-state index in [4.69, 9.17) is 9.47 Å². The van der Waals surface area contributed by atoms with E-state index < -0.39 is 0 Å². The topological polar surface area (TPSA) is 38.8 Å². The number of carbonyl (C=O) groups excluding carboxylic acids is 1. The quantitative estimate of drug-likeness (QED) is 0.845. The van der Waals surface area contributed by atoms with Gasteiger partial charge >= 0.3 is 0 Å². The van der Waals surface area contributed by atoms with Crippen LogP contribution in [0.4, 0.5) is 5.69 Å². The summed E-state index contributed by atoms with van der Waals surface area (Å²) < 4.78 is 10.9. The second-order valence-electron chi connectivity index (χ2n) is 6.81. The fourth-order valence-electron chi connectivity index (χ4n) is 4.41. The molecule has 0 radical (unpaired) electrons. The molecule has 3 aliphatic rings. The lowest BCUT2D eigenvalue weighted by molar-refractivity contribution is -0.128. The number of ketones is 1. The average molecular weight is 337 g/mol. The van der Waals surface area contributed by atoms with Gasteiger partial charge in [-0.2, -0.15) is 0 Å². The van der Waals surface area contributed by atoms with Crippen molar-refractivity contribution >= 4 is 11.5 Å². The first-order valence-electron chi connectivity index (χ1n) is 8.81. The Balaban J connectivity index is 1.79. The van der Waals surface area contributed by atoms with E-state index in [0.29, 0.717) is 12.2 Å². The highest BCUT2D eigenvalue weighted by atomic mass is 16.5. The minimum absolute atomic E-state index is 0.0699. The number of carbonyl (C=O) groups is 1. The van der Waals surface area contributed by atoms with Crippen LogP contribution < -0.4 is 14.4 Å². The van der Waals surface area contributed by atoms with Crippen LogP contribution in [0.25, 0.3) is 0 Å². The third-order valence-corrected chi connectivity index (χ3v) is 5.54. The average Bonchev–Trinajstić information content (AvgIpc) is 2.67. The van der Waals surface area contributed by atoms with Gasteiger partial charge in [0.1, 0.15) is 5.78 Å². The molecule has 2 heterocycles. The van der Waals surface area contributed by atoms with Crippen LogP contribution in [0, 0.1) is 5.92 Å². The monoisotopic (exact) mass is 337 g/mol. The Morgan fingerprint density at radius 2 is 1.72 bits per heavy atom. The van der Waals surface area contributed by atoms with Crippen LogP contribution in [-0.2, 0) is 4.79 Å². The lowest BCUT2D eigenvalue weighted by Gasteiger charge is -2.52. The maximum atomic E-state index is 12.6. The zero-order valence-electron chi connectivity index (χ0n) is 14.6. The third-order valence-electron chi connectivity index (χ3n) is 5.54. The molecule has 4 heteroatoms. The summed E-state index contributed by atoms with van der Waals surface area (Å²) in [5.41, 5.74) is 2.30. The first kappa shape index (κ1) is 16.0. The van der Waals surface area contributed by atoms with Gasteiger partial charge in [0.25, 0.3) is 0 Å². The normalized spacial score (nSPS) is 25.1. The molecule has 1 aliphatic carbocycles. The van der Waals surface area contributed by atoms with Crippen molar-refractivity contribution in [2.45, 2.75) is 31.3 Å². The van der Waals surface area contributed by atoms with Gasteiger partial charge in [-0.1, -0.05) is 30.3 Å². The number of fused-ring (bicyclic) bond motifs is 3. The van der Waals surface area contributed by atoms with E-state index in [-0.39, 0.29) is 18.0 Å². The molecule has 25 heavy (non-hydrogen) atoms. The molecule has 0 N–H and O–H groups in total. The zero-order valence-corrected chi connectivity index (χ0v) is 14.6. The summed E-state index contributed by atoms with van der Waals surface area (Å²) in [7, 11) is 3.30. The van der Waals surface area contributed by atoms with E-state index in [1.54, 1.807) is 14.2 Å². The molecule has 2 saturated heterocycles. The fourth-order valence-corrected chi connectivity index (χ4v) is 4.41. The summed E-state index contributed by atoms with van der Waals surface area (Å²) >= 11 is 0. The lowest BCUT2D eigenvalue weighted by Crippen LogP contribution is -2.54. The number of rotatable bonds is 4. The van der Waals surface area contributed by atoms with Gasteiger partial charge in [0.2, 0.25) is 0 Å². The Morgan fingerprint density at radius 3 is 2.40 bits per heavy atom. The minimum Gasteiger partial charge on any atom is -0.493 e. The minimum atomic E-state index is 0.0699. The molecule has 5 rings (SSSR count). The predicted molar refractivity (Wildman–Crippen MR) is 97.3 cm³/mol. The molecule has 2 aromatic rings. The molecule has 2 bridgehead atoms. The Labute approximate surface area is 148 Å². The predicted octanol–water partition coefficient (Wildman–Crippen LogP) is 4.00. The third kappa shape index (κ3) is 2.66. The number of Topliss-reactive ketones (excluding diaryl/α,β-unsaturated/α-hetero) is 1. The van der Waals surface area contributed by atoms with E-state index >= 15 is 0 Å². The molecule has 2 aliphatic heterocycles. The zero-order chi connectivity index (χ0) is 17.4. The van der Waals surface area contributed by atoms with E-state index in [0.717, 1.165) is 30.0 Å². The first-order chi connectivity index (χ1) is 12.2. The fraction of sp³-hybridized carbons (Fsp3) is 0.381. The number of methoxy groups -OCH3 is 2. The van der Waals surface area contributed by atoms with Gasteiger partial charge in [0.15, 0.2) is 11.5 Å². The van der Waals surface area contributed by atoms with E-state index in [1.807, 2.05) is 18.2 Å². The van der Waals surface area contributed by atoms with Crippen molar-refractivity contribution in [3.05, 3.63) is 54.1 Å². The van der Waals surface area contributed by atoms with E-state index in [2.05, 4.69) is 35.2 Å². The number of anilines is 1. The largest absolute Gasteiger partial charge is 0.493 e. The van der Waals surface area contributed by atoms with Crippen LogP contribution in [0.1, 0.15) is 30.9 Å². The Morgan fingerprint density at radius 1 is 0.960 bits per heavy atom. The second kappa shape index (κ2) is 6.43.